The molecule has 2 aromatic rings. The standard InChI is InChI=1S/C12H13N3O4S/c16-10-5-8(13-12-15(10)2-4-20-12)6-14-1-3-19-9(7-14)11(17)18/h2,4-5,9H,1,3,6-7H2,(H,17,18). The Hall–Kier alpha value is -1.77. The molecule has 8 heteroatoms. The third-order valence-electron chi connectivity index (χ3n) is 3.17. The topological polar surface area (TPSA) is 84.1 Å². The van der Waals surface area contributed by atoms with Gasteiger partial charge in [0, 0.05) is 37.3 Å². The van der Waals surface area contributed by atoms with E-state index in [1.54, 1.807) is 6.20 Å². The van der Waals surface area contributed by atoms with Crippen molar-refractivity contribution in [1.82, 2.24) is 14.3 Å². The number of ether oxygens (including phenoxy) is 1. The number of thiazole rings is 1. The van der Waals surface area contributed by atoms with Crippen molar-refractivity contribution in [3.05, 3.63) is 33.7 Å². The number of nitrogens with zero attached hydrogens (tertiary/aromatic N) is 3. The Bertz CT molecular complexity index is 695. The molecule has 2 aromatic heterocycles. The summed E-state index contributed by atoms with van der Waals surface area (Å²) in [5.41, 5.74) is 0.540. The summed E-state index contributed by atoms with van der Waals surface area (Å²) < 4.78 is 6.66. The number of carboxylic acid groups (broad SMARTS) is 1. The number of morpholine rings is 1. The first-order chi connectivity index (χ1) is 9.63. The smallest absolute Gasteiger partial charge is 0.334 e. The Morgan fingerprint density at radius 3 is 3.25 bits per heavy atom. The Labute approximate surface area is 118 Å². The molecular formula is C12H13N3O4S. The highest BCUT2D eigenvalue weighted by Gasteiger charge is 2.26. The Kier molecular flexibility index (Phi) is 3.51. The molecule has 1 saturated heterocycles. The summed E-state index contributed by atoms with van der Waals surface area (Å²) >= 11 is 1.40. The van der Waals surface area contributed by atoms with E-state index in [1.165, 1.54) is 21.8 Å². The second kappa shape index (κ2) is 5.31. The lowest BCUT2D eigenvalue weighted by Gasteiger charge is -2.30. The van der Waals surface area contributed by atoms with Crippen LogP contribution in [0.3, 0.4) is 0 Å². The molecule has 20 heavy (non-hydrogen) atoms. The number of carbonyl (C=O) groups is 1. The highest BCUT2D eigenvalue weighted by molar-refractivity contribution is 7.15. The van der Waals surface area contributed by atoms with Crippen LogP contribution in [-0.2, 0) is 16.1 Å². The highest BCUT2D eigenvalue weighted by atomic mass is 32.1. The number of hydrogen-bond donors (Lipinski definition) is 1. The maximum atomic E-state index is 11.9. The van der Waals surface area contributed by atoms with Crippen molar-refractivity contribution in [2.45, 2.75) is 12.6 Å². The minimum atomic E-state index is -0.962. The molecular weight excluding hydrogens is 282 g/mol. The van der Waals surface area contributed by atoms with E-state index in [0.717, 1.165) is 0 Å². The fourth-order valence-corrected chi connectivity index (χ4v) is 2.93. The molecule has 1 aliphatic rings. The summed E-state index contributed by atoms with van der Waals surface area (Å²) in [4.78, 5) is 29.8. The van der Waals surface area contributed by atoms with Crippen LogP contribution in [0.1, 0.15) is 5.69 Å². The summed E-state index contributed by atoms with van der Waals surface area (Å²) in [7, 11) is 0. The first-order valence-corrected chi connectivity index (χ1v) is 7.04. The summed E-state index contributed by atoms with van der Waals surface area (Å²) in [6, 6.07) is 1.49. The van der Waals surface area contributed by atoms with Crippen LogP contribution in [-0.4, -0.2) is 51.2 Å². The fourth-order valence-electron chi connectivity index (χ4n) is 2.19. The van der Waals surface area contributed by atoms with Crippen LogP contribution in [0, 0.1) is 0 Å². The zero-order valence-corrected chi connectivity index (χ0v) is 11.4. The third-order valence-corrected chi connectivity index (χ3v) is 3.92. The molecule has 0 spiro atoms. The Morgan fingerprint density at radius 1 is 1.60 bits per heavy atom. The number of fused-ring (bicyclic) bond motifs is 1. The van der Waals surface area contributed by atoms with Gasteiger partial charge in [0.2, 0.25) is 0 Å². The molecule has 1 atom stereocenters. The van der Waals surface area contributed by atoms with E-state index in [0.29, 0.717) is 36.9 Å². The molecule has 0 radical (unpaired) electrons. The van der Waals surface area contributed by atoms with E-state index in [2.05, 4.69) is 4.98 Å². The normalized spacial score (nSPS) is 20.3. The van der Waals surface area contributed by atoms with Crippen molar-refractivity contribution in [3.63, 3.8) is 0 Å². The second-order valence-corrected chi connectivity index (χ2v) is 5.45. The van der Waals surface area contributed by atoms with Crippen molar-refractivity contribution >= 4 is 22.3 Å². The van der Waals surface area contributed by atoms with E-state index < -0.39 is 12.1 Å². The number of rotatable bonds is 3. The molecule has 0 saturated carbocycles. The summed E-state index contributed by atoms with van der Waals surface area (Å²) in [5, 5.41) is 10.8. The molecule has 7 nitrogen and oxygen atoms in total. The first kappa shape index (κ1) is 13.2. The minimum absolute atomic E-state index is 0.116. The molecule has 0 aromatic carbocycles. The molecule has 1 unspecified atom stereocenters. The lowest BCUT2D eigenvalue weighted by molar-refractivity contribution is -0.156. The van der Waals surface area contributed by atoms with Crippen LogP contribution >= 0.6 is 11.3 Å². The summed E-state index contributed by atoms with van der Waals surface area (Å²) in [6.45, 7) is 1.77. The van der Waals surface area contributed by atoms with Gasteiger partial charge in [-0.25, -0.2) is 9.78 Å². The van der Waals surface area contributed by atoms with Crippen LogP contribution in [0.25, 0.3) is 4.96 Å². The largest absolute Gasteiger partial charge is 0.479 e. The van der Waals surface area contributed by atoms with Crippen LogP contribution < -0.4 is 5.56 Å². The molecule has 0 bridgehead atoms. The van der Waals surface area contributed by atoms with Crippen molar-refractivity contribution in [3.8, 4) is 0 Å². The quantitative estimate of drug-likeness (QED) is 0.861. The number of aromatic nitrogens is 2. The minimum Gasteiger partial charge on any atom is -0.479 e. The lowest BCUT2D eigenvalue weighted by Crippen LogP contribution is -2.45. The Balaban J connectivity index is 1.78. The Morgan fingerprint density at radius 2 is 2.45 bits per heavy atom. The van der Waals surface area contributed by atoms with Gasteiger partial charge in [0.15, 0.2) is 11.1 Å². The van der Waals surface area contributed by atoms with Gasteiger partial charge in [-0.2, -0.15) is 0 Å². The van der Waals surface area contributed by atoms with Gasteiger partial charge in [0.25, 0.3) is 5.56 Å². The van der Waals surface area contributed by atoms with Crippen LogP contribution in [0.15, 0.2) is 22.4 Å². The monoisotopic (exact) mass is 295 g/mol. The van der Waals surface area contributed by atoms with Crippen LogP contribution in [0.4, 0.5) is 0 Å². The van der Waals surface area contributed by atoms with E-state index in [1.807, 2.05) is 10.3 Å². The molecule has 1 N–H and O–H groups in total. The molecule has 1 fully saturated rings. The number of hydrogen-bond acceptors (Lipinski definition) is 6. The second-order valence-electron chi connectivity index (χ2n) is 4.57. The molecule has 3 heterocycles. The highest BCUT2D eigenvalue weighted by Crippen LogP contribution is 2.11. The number of aliphatic carboxylic acids is 1. The summed E-state index contributed by atoms with van der Waals surface area (Å²) in [5.74, 6) is -0.962. The van der Waals surface area contributed by atoms with Gasteiger partial charge < -0.3 is 9.84 Å². The van der Waals surface area contributed by atoms with Gasteiger partial charge in [0.05, 0.1) is 12.3 Å². The van der Waals surface area contributed by atoms with Gasteiger partial charge >= 0.3 is 5.97 Å². The lowest BCUT2D eigenvalue weighted by atomic mass is 10.2. The van der Waals surface area contributed by atoms with Crippen molar-refractivity contribution in [1.29, 1.82) is 0 Å². The van der Waals surface area contributed by atoms with Gasteiger partial charge in [-0.15, -0.1) is 11.3 Å². The maximum absolute atomic E-state index is 11.9. The van der Waals surface area contributed by atoms with Gasteiger partial charge in [-0.3, -0.25) is 14.1 Å². The van der Waals surface area contributed by atoms with Crippen LogP contribution in [0.2, 0.25) is 0 Å². The van der Waals surface area contributed by atoms with Crippen molar-refractivity contribution in [2.24, 2.45) is 0 Å². The average molecular weight is 295 g/mol. The van der Waals surface area contributed by atoms with Gasteiger partial charge in [0.1, 0.15) is 0 Å². The van der Waals surface area contributed by atoms with Crippen molar-refractivity contribution < 1.29 is 14.6 Å². The van der Waals surface area contributed by atoms with Gasteiger partial charge in [-0.1, -0.05) is 0 Å². The molecule has 1 aliphatic heterocycles. The zero-order valence-electron chi connectivity index (χ0n) is 10.6. The predicted octanol–water partition coefficient (Wildman–Crippen LogP) is 0.0414. The fraction of sp³-hybridized carbons (Fsp3) is 0.417. The predicted molar refractivity (Wildman–Crippen MR) is 72.0 cm³/mol. The molecule has 106 valence electrons. The molecule has 0 aliphatic carbocycles. The van der Waals surface area contributed by atoms with E-state index >= 15 is 0 Å². The SMILES string of the molecule is O=C(O)C1CN(Cc2cc(=O)n3ccsc3n2)CCO1. The van der Waals surface area contributed by atoms with Gasteiger partial charge in [-0.05, 0) is 0 Å². The summed E-state index contributed by atoms with van der Waals surface area (Å²) in [6.07, 6.45) is 0.879. The average Bonchev–Trinajstić information content (AvgIpc) is 2.88. The third kappa shape index (κ3) is 2.58. The van der Waals surface area contributed by atoms with E-state index in [4.69, 9.17) is 9.84 Å². The van der Waals surface area contributed by atoms with E-state index in [9.17, 15) is 9.59 Å². The number of carboxylic acids is 1. The van der Waals surface area contributed by atoms with E-state index in [-0.39, 0.29) is 5.56 Å². The molecule has 3 rings (SSSR count). The van der Waals surface area contributed by atoms with Crippen molar-refractivity contribution in [2.75, 3.05) is 19.7 Å². The maximum Gasteiger partial charge on any atom is 0.334 e. The van der Waals surface area contributed by atoms with Crippen LogP contribution in [0.5, 0.6) is 0 Å². The zero-order chi connectivity index (χ0) is 14.1. The molecule has 0 amide bonds. The first-order valence-electron chi connectivity index (χ1n) is 6.16.